The summed E-state index contributed by atoms with van der Waals surface area (Å²) in [7, 11) is 0. The van der Waals surface area contributed by atoms with Crippen LogP contribution in [0.15, 0.2) is 47.6 Å². The van der Waals surface area contributed by atoms with Gasteiger partial charge >= 0.3 is 0 Å². The first-order valence-electron chi connectivity index (χ1n) is 6.77. The summed E-state index contributed by atoms with van der Waals surface area (Å²) >= 11 is 1.86. The summed E-state index contributed by atoms with van der Waals surface area (Å²) in [4.78, 5) is 13.6. The molecule has 0 spiro atoms. The summed E-state index contributed by atoms with van der Waals surface area (Å²) in [6, 6.07) is 9.95. The number of rotatable bonds is 3. The number of carbonyl (C=O) groups excluding carboxylic acids is 1. The first-order valence-corrected chi connectivity index (χ1v) is 7.75. The Morgan fingerprint density at radius 1 is 1.45 bits per heavy atom. The Morgan fingerprint density at radius 3 is 3.10 bits per heavy atom. The highest BCUT2D eigenvalue weighted by Crippen LogP contribution is 2.35. The van der Waals surface area contributed by atoms with Gasteiger partial charge in [-0.1, -0.05) is 18.2 Å². The van der Waals surface area contributed by atoms with Crippen LogP contribution in [0.25, 0.3) is 0 Å². The summed E-state index contributed by atoms with van der Waals surface area (Å²) in [6.07, 6.45) is 4.48. The van der Waals surface area contributed by atoms with Crippen molar-refractivity contribution in [2.75, 3.05) is 5.75 Å². The number of hydrogen-bond acceptors (Lipinski definition) is 3. The molecule has 3 rings (SSSR count). The number of fused-ring (bicyclic) bond motifs is 1. The van der Waals surface area contributed by atoms with Gasteiger partial charge in [0.05, 0.1) is 6.04 Å². The average molecular weight is 287 g/mol. The molecule has 0 unspecified atom stereocenters. The van der Waals surface area contributed by atoms with E-state index >= 15 is 0 Å². The molecule has 1 N–H and O–H groups in total. The van der Waals surface area contributed by atoms with Crippen molar-refractivity contribution in [2.24, 2.45) is 0 Å². The summed E-state index contributed by atoms with van der Waals surface area (Å²) in [5, 5.41) is 7.28. The molecule has 2 atom stereocenters. The van der Waals surface area contributed by atoms with Gasteiger partial charge in [-0.3, -0.25) is 9.48 Å². The van der Waals surface area contributed by atoms with E-state index in [0.717, 1.165) is 12.2 Å². The van der Waals surface area contributed by atoms with Gasteiger partial charge in [-0.25, -0.2) is 0 Å². The normalized spacial score (nSPS) is 19.1. The van der Waals surface area contributed by atoms with Gasteiger partial charge in [0.25, 0.3) is 0 Å². The number of thioether (sulfide) groups is 1. The fraction of sp³-hybridized carbons (Fsp3) is 0.333. The summed E-state index contributed by atoms with van der Waals surface area (Å²) < 4.78 is 1.68. The fourth-order valence-electron chi connectivity index (χ4n) is 2.41. The molecule has 0 fully saturated rings. The van der Waals surface area contributed by atoms with E-state index in [1.165, 1.54) is 10.5 Å². The van der Waals surface area contributed by atoms with Crippen LogP contribution >= 0.6 is 11.8 Å². The number of nitrogens with zero attached hydrogens (tertiary/aromatic N) is 2. The molecule has 1 aliphatic heterocycles. The fourth-order valence-corrected chi connectivity index (χ4v) is 3.54. The molecule has 2 heterocycles. The van der Waals surface area contributed by atoms with Crippen molar-refractivity contribution in [3.05, 3.63) is 48.3 Å². The third-order valence-electron chi connectivity index (χ3n) is 3.58. The van der Waals surface area contributed by atoms with Crippen molar-refractivity contribution < 1.29 is 4.79 Å². The van der Waals surface area contributed by atoms with Gasteiger partial charge in [-0.2, -0.15) is 5.10 Å². The molecule has 2 aromatic rings. The van der Waals surface area contributed by atoms with Crippen LogP contribution in [-0.2, 0) is 4.79 Å². The van der Waals surface area contributed by atoms with Gasteiger partial charge in [0, 0.05) is 23.0 Å². The van der Waals surface area contributed by atoms with E-state index in [9.17, 15) is 4.79 Å². The predicted octanol–water partition coefficient (Wildman–Crippen LogP) is 2.80. The van der Waals surface area contributed by atoms with Gasteiger partial charge in [-0.05, 0) is 31.0 Å². The molecule has 0 bridgehead atoms. The minimum atomic E-state index is -0.285. The van der Waals surface area contributed by atoms with Crippen LogP contribution in [0.5, 0.6) is 0 Å². The number of aromatic nitrogens is 2. The molecule has 0 saturated heterocycles. The number of benzene rings is 1. The van der Waals surface area contributed by atoms with Crippen LogP contribution < -0.4 is 5.32 Å². The Morgan fingerprint density at radius 2 is 2.30 bits per heavy atom. The Kier molecular flexibility index (Phi) is 3.78. The van der Waals surface area contributed by atoms with Crippen LogP contribution in [-0.4, -0.2) is 21.4 Å². The number of nitrogens with one attached hydrogen (secondary N) is 1. The molecule has 0 radical (unpaired) electrons. The van der Waals surface area contributed by atoms with Crippen LogP contribution in [0.3, 0.4) is 0 Å². The molecule has 5 heteroatoms. The van der Waals surface area contributed by atoms with E-state index in [2.05, 4.69) is 22.5 Å². The van der Waals surface area contributed by atoms with Gasteiger partial charge < -0.3 is 5.32 Å². The van der Waals surface area contributed by atoms with Crippen molar-refractivity contribution >= 4 is 17.7 Å². The summed E-state index contributed by atoms with van der Waals surface area (Å²) in [6.45, 7) is 1.87. The van der Waals surface area contributed by atoms with Gasteiger partial charge in [0.1, 0.15) is 6.04 Å². The van der Waals surface area contributed by atoms with E-state index < -0.39 is 0 Å². The van der Waals surface area contributed by atoms with Crippen molar-refractivity contribution in [1.82, 2.24) is 15.1 Å². The molecule has 0 aliphatic carbocycles. The highest BCUT2D eigenvalue weighted by molar-refractivity contribution is 7.99. The third-order valence-corrected chi connectivity index (χ3v) is 4.70. The van der Waals surface area contributed by atoms with Gasteiger partial charge in [-0.15, -0.1) is 11.8 Å². The molecule has 4 nitrogen and oxygen atoms in total. The Bertz CT molecular complexity index is 597. The highest BCUT2D eigenvalue weighted by Gasteiger charge is 2.24. The summed E-state index contributed by atoms with van der Waals surface area (Å²) in [5.74, 6) is 1.05. The summed E-state index contributed by atoms with van der Waals surface area (Å²) in [5.41, 5.74) is 1.23. The lowest BCUT2D eigenvalue weighted by Crippen LogP contribution is -2.35. The van der Waals surface area contributed by atoms with Crippen molar-refractivity contribution in [2.45, 2.75) is 30.3 Å². The van der Waals surface area contributed by atoms with E-state index in [-0.39, 0.29) is 18.0 Å². The van der Waals surface area contributed by atoms with Gasteiger partial charge in [0.15, 0.2) is 0 Å². The minimum Gasteiger partial charge on any atom is -0.347 e. The average Bonchev–Trinajstić information content (AvgIpc) is 3.01. The molecule has 1 aliphatic rings. The topological polar surface area (TPSA) is 46.9 Å². The standard InChI is InChI=1S/C15H17N3OS/c1-11(18-9-4-8-16-18)15(19)17-13-7-10-20-14-6-3-2-5-12(13)14/h2-6,8-9,11,13H,7,10H2,1H3,(H,17,19)/t11-,13-/m1/s1. The molecule has 1 aromatic heterocycles. The van der Waals surface area contributed by atoms with Crippen LogP contribution in [0.2, 0.25) is 0 Å². The largest absolute Gasteiger partial charge is 0.347 e. The highest BCUT2D eigenvalue weighted by atomic mass is 32.2. The maximum atomic E-state index is 12.3. The van der Waals surface area contributed by atoms with Crippen molar-refractivity contribution in [3.63, 3.8) is 0 Å². The second-order valence-electron chi connectivity index (χ2n) is 4.90. The zero-order valence-corrected chi connectivity index (χ0v) is 12.1. The van der Waals surface area contributed by atoms with Crippen LogP contribution in [0.4, 0.5) is 0 Å². The molecular weight excluding hydrogens is 270 g/mol. The SMILES string of the molecule is C[C@H](C(=O)N[C@@H]1CCSc2ccccc21)n1cccn1. The monoisotopic (exact) mass is 287 g/mol. The quantitative estimate of drug-likeness (QED) is 0.944. The zero-order chi connectivity index (χ0) is 13.9. The number of amides is 1. The zero-order valence-electron chi connectivity index (χ0n) is 11.3. The third kappa shape index (κ3) is 2.58. The van der Waals surface area contributed by atoms with Crippen LogP contribution in [0.1, 0.15) is 31.0 Å². The van der Waals surface area contributed by atoms with E-state index in [0.29, 0.717) is 0 Å². The first kappa shape index (κ1) is 13.2. The number of hydrogen-bond donors (Lipinski definition) is 1. The smallest absolute Gasteiger partial charge is 0.245 e. The molecule has 1 amide bonds. The second kappa shape index (κ2) is 5.71. The lowest BCUT2D eigenvalue weighted by molar-refractivity contribution is -0.125. The Hall–Kier alpha value is -1.75. The molecule has 0 saturated carbocycles. The Labute approximate surface area is 122 Å². The maximum absolute atomic E-state index is 12.3. The Balaban J connectivity index is 1.74. The van der Waals surface area contributed by atoms with Crippen LogP contribution in [0, 0.1) is 0 Å². The van der Waals surface area contributed by atoms with Crippen molar-refractivity contribution in [3.8, 4) is 0 Å². The van der Waals surface area contributed by atoms with E-state index in [4.69, 9.17) is 0 Å². The molecule has 104 valence electrons. The van der Waals surface area contributed by atoms with Gasteiger partial charge in [0.2, 0.25) is 5.91 Å². The lowest BCUT2D eigenvalue weighted by atomic mass is 10.0. The molecule has 20 heavy (non-hydrogen) atoms. The second-order valence-corrected chi connectivity index (χ2v) is 6.03. The first-order chi connectivity index (χ1) is 9.75. The van der Waals surface area contributed by atoms with E-state index in [1.807, 2.05) is 43.1 Å². The lowest BCUT2D eigenvalue weighted by Gasteiger charge is -2.27. The predicted molar refractivity (Wildman–Crippen MR) is 79.6 cm³/mol. The number of carbonyl (C=O) groups is 1. The van der Waals surface area contributed by atoms with E-state index in [1.54, 1.807) is 10.9 Å². The minimum absolute atomic E-state index is 0.0143. The molecular formula is C15H17N3OS. The van der Waals surface area contributed by atoms with Crippen molar-refractivity contribution in [1.29, 1.82) is 0 Å². The molecule has 1 aromatic carbocycles. The maximum Gasteiger partial charge on any atom is 0.245 e.